The molecule has 76 valence electrons. The van der Waals surface area contributed by atoms with Crippen LogP contribution in [-0.2, 0) is 4.79 Å². The van der Waals surface area contributed by atoms with E-state index in [-0.39, 0.29) is 18.6 Å². The van der Waals surface area contributed by atoms with Crippen LogP contribution in [0.1, 0.15) is 32.1 Å². The molecule has 0 unspecified atom stereocenters. The molecule has 0 spiro atoms. The molecule has 1 aliphatic rings. The Morgan fingerprint density at radius 1 is 1.38 bits per heavy atom. The van der Waals surface area contributed by atoms with Crippen molar-refractivity contribution < 1.29 is 15.0 Å². The summed E-state index contributed by atoms with van der Waals surface area (Å²) in [4.78, 5) is 10.3. The van der Waals surface area contributed by atoms with Crippen LogP contribution in [0.3, 0.4) is 0 Å². The van der Waals surface area contributed by atoms with Crippen LogP contribution < -0.4 is 5.32 Å². The smallest absolute Gasteiger partial charge is 0.304 e. The number of nitrogens with one attached hydrogen (secondary N) is 1. The Kier molecular flexibility index (Phi) is 3.69. The molecule has 0 heterocycles. The summed E-state index contributed by atoms with van der Waals surface area (Å²) in [6.45, 7) is 0.572. The van der Waals surface area contributed by atoms with Gasteiger partial charge < -0.3 is 15.5 Å². The van der Waals surface area contributed by atoms with Crippen molar-refractivity contribution in [3.63, 3.8) is 0 Å². The van der Waals surface area contributed by atoms with Gasteiger partial charge in [-0.1, -0.05) is 12.8 Å². The van der Waals surface area contributed by atoms with Crippen molar-refractivity contribution in [2.75, 3.05) is 13.2 Å². The first kappa shape index (κ1) is 10.5. The normalized spacial score (nSPS) is 20.4. The van der Waals surface area contributed by atoms with Crippen molar-refractivity contribution >= 4 is 5.97 Å². The number of hydrogen-bond donors (Lipinski definition) is 3. The number of hydrogen-bond acceptors (Lipinski definition) is 3. The maximum atomic E-state index is 10.3. The lowest BCUT2D eigenvalue weighted by Gasteiger charge is -2.27. The van der Waals surface area contributed by atoms with Crippen LogP contribution >= 0.6 is 0 Å². The van der Waals surface area contributed by atoms with E-state index in [0.29, 0.717) is 6.54 Å². The molecule has 1 fully saturated rings. The number of carboxylic acid groups (broad SMARTS) is 1. The van der Waals surface area contributed by atoms with Gasteiger partial charge >= 0.3 is 5.97 Å². The van der Waals surface area contributed by atoms with Crippen LogP contribution in [0.15, 0.2) is 0 Å². The molecule has 0 saturated heterocycles. The minimum atomic E-state index is -0.793. The zero-order valence-electron chi connectivity index (χ0n) is 7.75. The first-order chi connectivity index (χ1) is 6.18. The van der Waals surface area contributed by atoms with Crippen LogP contribution in [0.25, 0.3) is 0 Å². The second-order valence-electron chi connectivity index (χ2n) is 3.72. The van der Waals surface area contributed by atoms with Crippen molar-refractivity contribution in [1.29, 1.82) is 0 Å². The Morgan fingerprint density at radius 3 is 2.46 bits per heavy atom. The molecule has 4 heteroatoms. The van der Waals surface area contributed by atoms with Crippen molar-refractivity contribution in [3.05, 3.63) is 0 Å². The highest BCUT2D eigenvalue weighted by Crippen LogP contribution is 2.28. The molecule has 1 saturated carbocycles. The largest absolute Gasteiger partial charge is 0.481 e. The number of carbonyl (C=O) groups is 1. The number of aliphatic carboxylic acids is 1. The summed E-state index contributed by atoms with van der Waals surface area (Å²) in [5.41, 5.74) is -0.185. The monoisotopic (exact) mass is 187 g/mol. The summed E-state index contributed by atoms with van der Waals surface area (Å²) in [5, 5.41) is 20.8. The molecule has 1 rings (SSSR count). The standard InChI is InChI=1S/C9H17NO3/c11-7-9(4-1-2-5-9)10-6-3-8(12)13/h10-11H,1-7H2,(H,12,13). The molecule has 4 nitrogen and oxygen atoms in total. The molecule has 0 aliphatic heterocycles. The summed E-state index contributed by atoms with van der Waals surface area (Å²) in [6.07, 6.45) is 4.30. The molecule has 1 aliphatic carbocycles. The van der Waals surface area contributed by atoms with Gasteiger partial charge in [0.25, 0.3) is 0 Å². The zero-order valence-corrected chi connectivity index (χ0v) is 7.75. The summed E-state index contributed by atoms with van der Waals surface area (Å²) >= 11 is 0. The SMILES string of the molecule is O=C(O)CCNC1(CO)CCCC1. The van der Waals surface area contributed by atoms with Gasteiger partial charge in [-0.15, -0.1) is 0 Å². The Labute approximate surface area is 78.0 Å². The third kappa shape index (κ3) is 2.97. The van der Waals surface area contributed by atoms with Gasteiger partial charge in [0.15, 0.2) is 0 Å². The molecular formula is C9H17NO3. The van der Waals surface area contributed by atoms with Gasteiger partial charge in [0, 0.05) is 12.1 Å². The van der Waals surface area contributed by atoms with E-state index in [1.54, 1.807) is 0 Å². The van der Waals surface area contributed by atoms with E-state index in [1.165, 1.54) is 0 Å². The van der Waals surface area contributed by atoms with Gasteiger partial charge in [0.2, 0.25) is 0 Å². The van der Waals surface area contributed by atoms with E-state index in [4.69, 9.17) is 5.11 Å². The lowest BCUT2D eigenvalue weighted by Crippen LogP contribution is -2.46. The average molecular weight is 187 g/mol. The van der Waals surface area contributed by atoms with Crippen molar-refractivity contribution in [2.24, 2.45) is 0 Å². The molecule has 0 radical (unpaired) electrons. The number of rotatable bonds is 5. The highest BCUT2D eigenvalue weighted by molar-refractivity contribution is 5.66. The number of carboxylic acids is 1. The van der Waals surface area contributed by atoms with Crippen LogP contribution in [0.5, 0.6) is 0 Å². The Hall–Kier alpha value is -0.610. The van der Waals surface area contributed by atoms with Gasteiger partial charge in [0.1, 0.15) is 0 Å². The summed E-state index contributed by atoms with van der Waals surface area (Å²) in [6, 6.07) is 0. The fourth-order valence-electron chi connectivity index (χ4n) is 1.88. The molecule has 0 aromatic carbocycles. The molecule has 13 heavy (non-hydrogen) atoms. The lowest BCUT2D eigenvalue weighted by atomic mass is 9.99. The Bertz CT molecular complexity index is 176. The van der Waals surface area contributed by atoms with Gasteiger partial charge in [0.05, 0.1) is 13.0 Å². The van der Waals surface area contributed by atoms with E-state index in [0.717, 1.165) is 25.7 Å². The van der Waals surface area contributed by atoms with Crippen LogP contribution in [0.4, 0.5) is 0 Å². The van der Waals surface area contributed by atoms with Crippen molar-refractivity contribution in [2.45, 2.75) is 37.6 Å². The molecule has 0 aromatic heterocycles. The third-order valence-corrected chi connectivity index (χ3v) is 2.70. The molecule has 0 atom stereocenters. The van der Waals surface area contributed by atoms with Gasteiger partial charge in [-0.25, -0.2) is 0 Å². The molecule has 0 amide bonds. The first-order valence-corrected chi connectivity index (χ1v) is 4.76. The van der Waals surface area contributed by atoms with Gasteiger partial charge in [-0.05, 0) is 12.8 Å². The van der Waals surface area contributed by atoms with Crippen molar-refractivity contribution in [3.8, 4) is 0 Å². The number of aliphatic hydroxyl groups excluding tert-OH is 1. The zero-order chi connectivity index (χ0) is 9.73. The average Bonchev–Trinajstić information content (AvgIpc) is 2.53. The second kappa shape index (κ2) is 4.58. The van der Waals surface area contributed by atoms with Crippen LogP contribution in [0, 0.1) is 0 Å². The maximum absolute atomic E-state index is 10.3. The first-order valence-electron chi connectivity index (χ1n) is 4.76. The second-order valence-corrected chi connectivity index (χ2v) is 3.72. The van der Waals surface area contributed by atoms with Crippen molar-refractivity contribution in [1.82, 2.24) is 5.32 Å². The maximum Gasteiger partial charge on any atom is 0.304 e. The molecule has 0 aromatic rings. The summed E-state index contributed by atoms with van der Waals surface area (Å²) in [5.74, 6) is -0.793. The van der Waals surface area contributed by atoms with E-state index in [1.807, 2.05) is 0 Å². The van der Waals surface area contributed by atoms with E-state index in [9.17, 15) is 9.90 Å². The fourth-order valence-corrected chi connectivity index (χ4v) is 1.88. The highest BCUT2D eigenvalue weighted by Gasteiger charge is 2.32. The van der Waals surface area contributed by atoms with Gasteiger partial charge in [-0.2, -0.15) is 0 Å². The van der Waals surface area contributed by atoms with E-state index in [2.05, 4.69) is 5.32 Å². The van der Waals surface area contributed by atoms with E-state index >= 15 is 0 Å². The topological polar surface area (TPSA) is 69.6 Å². The molecule has 3 N–H and O–H groups in total. The van der Waals surface area contributed by atoms with Crippen LogP contribution in [0.2, 0.25) is 0 Å². The quantitative estimate of drug-likeness (QED) is 0.581. The number of aliphatic hydroxyl groups is 1. The fraction of sp³-hybridized carbons (Fsp3) is 0.889. The third-order valence-electron chi connectivity index (χ3n) is 2.70. The minimum absolute atomic E-state index is 0.118. The predicted molar refractivity (Wildman–Crippen MR) is 48.5 cm³/mol. The van der Waals surface area contributed by atoms with E-state index < -0.39 is 5.97 Å². The lowest BCUT2D eigenvalue weighted by molar-refractivity contribution is -0.137. The molecule has 0 bridgehead atoms. The summed E-state index contributed by atoms with van der Waals surface area (Å²) in [7, 11) is 0. The Balaban J connectivity index is 2.27. The Morgan fingerprint density at radius 2 is 2.00 bits per heavy atom. The summed E-state index contributed by atoms with van der Waals surface area (Å²) < 4.78 is 0. The van der Waals surface area contributed by atoms with Gasteiger partial charge in [-0.3, -0.25) is 4.79 Å². The predicted octanol–water partition coefficient (Wildman–Crippen LogP) is 0.356. The molecular weight excluding hydrogens is 170 g/mol. The minimum Gasteiger partial charge on any atom is -0.481 e. The highest BCUT2D eigenvalue weighted by atomic mass is 16.4. The van der Waals surface area contributed by atoms with Crippen LogP contribution in [-0.4, -0.2) is 34.9 Å².